The molecule has 2 aliphatic rings. The van der Waals surface area contributed by atoms with E-state index in [4.69, 9.17) is 0 Å². The van der Waals surface area contributed by atoms with E-state index in [0.29, 0.717) is 0 Å². The molecule has 0 bridgehead atoms. The molecule has 78 valence electrons. The predicted octanol–water partition coefficient (Wildman–Crippen LogP) is 0.500. The number of amides is 2. The van der Waals surface area contributed by atoms with Gasteiger partial charge in [0.25, 0.3) is 0 Å². The Morgan fingerprint density at radius 1 is 1.43 bits per heavy atom. The van der Waals surface area contributed by atoms with E-state index >= 15 is 0 Å². The molecule has 14 heavy (non-hydrogen) atoms. The van der Waals surface area contributed by atoms with Crippen molar-refractivity contribution in [1.82, 2.24) is 4.90 Å². The van der Waals surface area contributed by atoms with Gasteiger partial charge in [-0.15, -0.1) is 0 Å². The number of carbonyl (C=O) groups excluding carboxylic acids is 2. The summed E-state index contributed by atoms with van der Waals surface area (Å²) < 4.78 is 0. The van der Waals surface area contributed by atoms with Crippen molar-refractivity contribution in [3.63, 3.8) is 0 Å². The number of fused-ring (bicyclic) bond motifs is 1. The summed E-state index contributed by atoms with van der Waals surface area (Å²) in [6.07, 6.45) is 2.90. The van der Waals surface area contributed by atoms with Crippen LogP contribution in [0.4, 0.5) is 0 Å². The third kappa shape index (κ3) is 1.25. The Balaban J connectivity index is 2.24. The lowest BCUT2D eigenvalue weighted by Crippen LogP contribution is -2.38. The lowest BCUT2D eigenvalue weighted by Gasteiger charge is -2.24. The first kappa shape index (κ1) is 9.65. The molecule has 1 aliphatic heterocycles. The molecule has 1 heterocycles. The van der Waals surface area contributed by atoms with Crippen molar-refractivity contribution in [2.45, 2.75) is 38.8 Å². The Kier molecular flexibility index (Phi) is 2.31. The van der Waals surface area contributed by atoms with Crippen molar-refractivity contribution in [1.29, 1.82) is 0 Å². The van der Waals surface area contributed by atoms with Crippen LogP contribution < -0.4 is 0 Å². The van der Waals surface area contributed by atoms with Crippen LogP contribution in [0.1, 0.15) is 32.6 Å². The highest BCUT2D eigenvalue weighted by Crippen LogP contribution is 2.40. The van der Waals surface area contributed by atoms with Crippen LogP contribution in [-0.4, -0.2) is 28.0 Å². The molecule has 2 amide bonds. The summed E-state index contributed by atoms with van der Waals surface area (Å²) in [6, 6.07) is 0. The molecule has 0 radical (unpaired) electrons. The van der Waals surface area contributed by atoms with Crippen LogP contribution in [0.5, 0.6) is 0 Å². The summed E-state index contributed by atoms with van der Waals surface area (Å²) in [5, 5.41) is 9.81. The number of imide groups is 1. The number of aliphatic hydroxyl groups is 1. The zero-order valence-corrected chi connectivity index (χ0v) is 8.27. The van der Waals surface area contributed by atoms with Gasteiger partial charge in [-0.05, 0) is 12.8 Å². The maximum absolute atomic E-state index is 11.7. The lowest BCUT2D eigenvalue weighted by molar-refractivity contribution is -0.149. The van der Waals surface area contributed by atoms with E-state index in [0.717, 1.165) is 30.6 Å². The molecule has 0 spiro atoms. The van der Waals surface area contributed by atoms with Gasteiger partial charge in [0.15, 0.2) is 0 Å². The van der Waals surface area contributed by atoms with Gasteiger partial charge in [-0.2, -0.15) is 0 Å². The van der Waals surface area contributed by atoms with Crippen molar-refractivity contribution >= 4 is 11.8 Å². The topological polar surface area (TPSA) is 57.6 Å². The number of hydrogen-bond acceptors (Lipinski definition) is 3. The van der Waals surface area contributed by atoms with Gasteiger partial charge in [0.05, 0.1) is 0 Å². The molecule has 1 saturated carbocycles. The van der Waals surface area contributed by atoms with Crippen LogP contribution in [-0.2, 0) is 9.59 Å². The third-order valence-corrected chi connectivity index (χ3v) is 3.36. The summed E-state index contributed by atoms with van der Waals surface area (Å²) in [7, 11) is 0. The van der Waals surface area contributed by atoms with Gasteiger partial charge in [-0.1, -0.05) is 12.8 Å². The number of rotatable bonds is 0. The lowest BCUT2D eigenvalue weighted by atomic mass is 9.81. The smallest absolute Gasteiger partial charge is 0.234 e. The SMILES string of the molecule is CC(=O)N1C(=O)C2CCCCC2C1O. The molecular weight excluding hydrogens is 182 g/mol. The minimum absolute atomic E-state index is 0.0138. The number of nitrogens with zero attached hydrogens (tertiary/aromatic N) is 1. The zero-order chi connectivity index (χ0) is 10.3. The normalized spacial score (nSPS) is 37.1. The van der Waals surface area contributed by atoms with E-state index in [1.165, 1.54) is 6.92 Å². The molecule has 4 nitrogen and oxygen atoms in total. The number of hydrogen-bond donors (Lipinski definition) is 1. The second kappa shape index (κ2) is 3.35. The first-order chi connectivity index (χ1) is 6.63. The monoisotopic (exact) mass is 197 g/mol. The fraction of sp³-hybridized carbons (Fsp3) is 0.800. The molecule has 2 fully saturated rings. The Bertz CT molecular complexity index is 277. The maximum Gasteiger partial charge on any atom is 0.234 e. The molecule has 2 rings (SSSR count). The van der Waals surface area contributed by atoms with Crippen LogP contribution in [0.2, 0.25) is 0 Å². The predicted molar refractivity (Wildman–Crippen MR) is 49.0 cm³/mol. The molecule has 3 atom stereocenters. The average Bonchev–Trinajstić information content (AvgIpc) is 2.41. The van der Waals surface area contributed by atoms with Crippen molar-refractivity contribution in [3.05, 3.63) is 0 Å². The van der Waals surface area contributed by atoms with E-state index in [9.17, 15) is 14.7 Å². The zero-order valence-electron chi connectivity index (χ0n) is 8.27. The van der Waals surface area contributed by atoms with Crippen molar-refractivity contribution in [2.24, 2.45) is 11.8 Å². The standard InChI is InChI=1S/C10H15NO3/c1-6(12)11-9(13)7-4-2-3-5-8(7)10(11)14/h7-9,13H,2-5H2,1H3. The summed E-state index contributed by atoms with van der Waals surface area (Å²) >= 11 is 0. The van der Waals surface area contributed by atoms with Crippen LogP contribution >= 0.6 is 0 Å². The highest BCUT2D eigenvalue weighted by molar-refractivity contribution is 5.97. The first-order valence-corrected chi connectivity index (χ1v) is 5.14. The van der Waals surface area contributed by atoms with Crippen LogP contribution in [0, 0.1) is 11.8 Å². The average molecular weight is 197 g/mol. The maximum atomic E-state index is 11.7. The van der Waals surface area contributed by atoms with E-state index in [2.05, 4.69) is 0 Å². The molecule has 1 saturated heterocycles. The fourth-order valence-electron chi connectivity index (χ4n) is 2.66. The Hall–Kier alpha value is -0.900. The second-order valence-electron chi connectivity index (χ2n) is 4.20. The second-order valence-corrected chi connectivity index (χ2v) is 4.20. The Morgan fingerprint density at radius 3 is 2.64 bits per heavy atom. The van der Waals surface area contributed by atoms with Gasteiger partial charge >= 0.3 is 0 Å². The molecule has 0 aromatic carbocycles. The molecule has 1 N–H and O–H groups in total. The summed E-state index contributed by atoms with van der Waals surface area (Å²) in [6.45, 7) is 1.33. The molecule has 3 unspecified atom stereocenters. The van der Waals surface area contributed by atoms with E-state index < -0.39 is 6.23 Å². The molecule has 0 aromatic heterocycles. The van der Waals surface area contributed by atoms with E-state index in [-0.39, 0.29) is 23.7 Å². The minimum atomic E-state index is -0.870. The first-order valence-electron chi connectivity index (χ1n) is 5.14. The van der Waals surface area contributed by atoms with Crippen LogP contribution in [0.3, 0.4) is 0 Å². The number of aliphatic hydroxyl groups excluding tert-OH is 1. The number of likely N-dealkylation sites (tertiary alicyclic amines) is 1. The quantitative estimate of drug-likeness (QED) is 0.615. The van der Waals surface area contributed by atoms with Gasteiger partial charge in [0.1, 0.15) is 6.23 Å². The summed E-state index contributed by atoms with van der Waals surface area (Å²) in [4.78, 5) is 23.9. The largest absolute Gasteiger partial charge is 0.373 e. The molecular formula is C10H15NO3. The Labute approximate surface area is 82.9 Å². The van der Waals surface area contributed by atoms with Crippen molar-refractivity contribution in [3.8, 4) is 0 Å². The fourth-order valence-corrected chi connectivity index (χ4v) is 2.66. The molecule has 4 heteroatoms. The molecule has 1 aliphatic carbocycles. The van der Waals surface area contributed by atoms with Gasteiger partial charge < -0.3 is 5.11 Å². The van der Waals surface area contributed by atoms with E-state index in [1.54, 1.807) is 0 Å². The van der Waals surface area contributed by atoms with Gasteiger partial charge in [-0.3, -0.25) is 14.5 Å². The van der Waals surface area contributed by atoms with E-state index in [1.807, 2.05) is 0 Å². The van der Waals surface area contributed by atoms with Gasteiger partial charge in [0.2, 0.25) is 11.8 Å². The third-order valence-electron chi connectivity index (χ3n) is 3.36. The van der Waals surface area contributed by atoms with Crippen molar-refractivity contribution < 1.29 is 14.7 Å². The van der Waals surface area contributed by atoms with Crippen molar-refractivity contribution in [2.75, 3.05) is 0 Å². The summed E-state index contributed by atoms with van der Waals surface area (Å²) in [5.74, 6) is -0.630. The molecule has 0 aromatic rings. The minimum Gasteiger partial charge on any atom is -0.373 e. The Morgan fingerprint density at radius 2 is 2.07 bits per heavy atom. The number of carbonyl (C=O) groups is 2. The van der Waals surface area contributed by atoms with Crippen LogP contribution in [0.25, 0.3) is 0 Å². The van der Waals surface area contributed by atoms with Gasteiger partial charge in [-0.25, -0.2) is 0 Å². The highest BCUT2D eigenvalue weighted by atomic mass is 16.3. The highest BCUT2D eigenvalue weighted by Gasteiger charge is 2.49. The van der Waals surface area contributed by atoms with Gasteiger partial charge in [0, 0.05) is 18.8 Å². The summed E-state index contributed by atoms with van der Waals surface area (Å²) in [5.41, 5.74) is 0. The van der Waals surface area contributed by atoms with Crippen LogP contribution in [0.15, 0.2) is 0 Å².